The van der Waals surface area contributed by atoms with E-state index in [0.717, 1.165) is 12.7 Å². The van der Waals surface area contributed by atoms with Gasteiger partial charge in [0.05, 0.1) is 11.8 Å². The molecule has 0 aliphatic rings. The van der Waals surface area contributed by atoms with E-state index in [1.807, 2.05) is 11.9 Å². The lowest BCUT2D eigenvalue weighted by atomic mass is 10.1. The summed E-state index contributed by atoms with van der Waals surface area (Å²) in [5.74, 6) is -0.297. The molecule has 0 aliphatic heterocycles. The highest BCUT2D eigenvalue weighted by atomic mass is 32.2. The summed E-state index contributed by atoms with van der Waals surface area (Å²) >= 11 is 0. The van der Waals surface area contributed by atoms with Crippen molar-refractivity contribution < 1.29 is 12.6 Å². The molecule has 0 aromatic carbocycles. The molecule has 0 amide bonds. The fraction of sp³-hybridized carbons (Fsp3) is 0.556. The van der Waals surface area contributed by atoms with Gasteiger partial charge in [-0.1, -0.05) is 13.3 Å². The van der Waals surface area contributed by atoms with E-state index in [0.29, 0.717) is 12.8 Å². The highest BCUT2D eigenvalue weighted by molar-refractivity contribution is 7.86. The summed E-state index contributed by atoms with van der Waals surface area (Å²) in [6.45, 7) is 1.93. The van der Waals surface area contributed by atoms with E-state index in [2.05, 4.69) is 9.17 Å². The Bertz CT molecular complexity index is 599. The van der Waals surface area contributed by atoms with Crippen LogP contribution in [0.2, 0.25) is 0 Å². The lowest BCUT2D eigenvalue weighted by Gasteiger charge is -2.06. The number of aromatic amines is 2. The first kappa shape index (κ1) is 13.5. The van der Waals surface area contributed by atoms with Crippen molar-refractivity contribution >= 4 is 10.1 Å². The molecule has 1 rings (SSSR count). The van der Waals surface area contributed by atoms with Crippen LogP contribution in [-0.2, 0) is 16.5 Å². The minimum absolute atomic E-state index is 0.136. The first-order valence-electron chi connectivity index (χ1n) is 5.08. The van der Waals surface area contributed by atoms with Crippen LogP contribution in [0.5, 0.6) is 5.88 Å². The molecule has 2 N–H and O–H groups in total. The number of hydrogen-bond acceptors (Lipinski definition) is 5. The molecule has 1 aromatic heterocycles. The Kier molecular flexibility index (Phi) is 4.11. The van der Waals surface area contributed by atoms with Gasteiger partial charge in [-0.05, 0) is 12.8 Å². The second-order valence-electron chi connectivity index (χ2n) is 3.61. The summed E-state index contributed by atoms with van der Waals surface area (Å²) in [6.07, 6.45) is 2.70. The number of H-pyrrole nitrogens is 2. The van der Waals surface area contributed by atoms with Crippen LogP contribution in [0, 0.1) is 0 Å². The molecular formula is C9H14N2O5S. The van der Waals surface area contributed by atoms with Gasteiger partial charge in [-0.3, -0.25) is 14.8 Å². The van der Waals surface area contributed by atoms with Gasteiger partial charge in [0.1, 0.15) is 0 Å². The predicted octanol–water partition coefficient (Wildman–Crippen LogP) is -0.256. The quantitative estimate of drug-likeness (QED) is 0.711. The maximum absolute atomic E-state index is 11.5. The van der Waals surface area contributed by atoms with Gasteiger partial charge in [0.2, 0.25) is 5.88 Å². The Morgan fingerprint density at radius 1 is 1.24 bits per heavy atom. The summed E-state index contributed by atoms with van der Waals surface area (Å²) < 4.78 is 26.6. The maximum Gasteiger partial charge on any atom is 0.328 e. The largest absolute Gasteiger partial charge is 0.363 e. The third-order valence-corrected chi connectivity index (χ3v) is 2.49. The Hall–Kier alpha value is -1.57. The van der Waals surface area contributed by atoms with Crippen molar-refractivity contribution in [1.29, 1.82) is 0 Å². The van der Waals surface area contributed by atoms with Crippen LogP contribution in [0.1, 0.15) is 25.3 Å². The van der Waals surface area contributed by atoms with Crippen LogP contribution >= 0.6 is 0 Å². The molecule has 0 fully saturated rings. The minimum Gasteiger partial charge on any atom is -0.363 e. The lowest BCUT2D eigenvalue weighted by Crippen LogP contribution is -2.27. The van der Waals surface area contributed by atoms with Crippen molar-refractivity contribution in [1.82, 2.24) is 9.97 Å². The Morgan fingerprint density at radius 2 is 1.88 bits per heavy atom. The van der Waals surface area contributed by atoms with Crippen LogP contribution in [0.25, 0.3) is 0 Å². The van der Waals surface area contributed by atoms with Gasteiger partial charge >= 0.3 is 15.8 Å². The van der Waals surface area contributed by atoms with E-state index in [1.54, 1.807) is 0 Å². The van der Waals surface area contributed by atoms with Crippen LogP contribution < -0.4 is 15.4 Å². The molecule has 17 heavy (non-hydrogen) atoms. The van der Waals surface area contributed by atoms with Crippen LogP contribution in [0.3, 0.4) is 0 Å². The second kappa shape index (κ2) is 5.17. The summed E-state index contributed by atoms with van der Waals surface area (Å²) in [7, 11) is -3.78. The van der Waals surface area contributed by atoms with E-state index in [1.165, 1.54) is 0 Å². The van der Waals surface area contributed by atoms with Crippen molar-refractivity contribution in [2.45, 2.75) is 26.2 Å². The molecule has 0 unspecified atom stereocenters. The van der Waals surface area contributed by atoms with E-state index < -0.39 is 21.4 Å². The van der Waals surface area contributed by atoms with Crippen molar-refractivity contribution in [2.75, 3.05) is 6.26 Å². The molecule has 96 valence electrons. The SMILES string of the molecule is CCCCc1c(OS(C)(=O)=O)[nH]c(=O)[nH]c1=O. The van der Waals surface area contributed by atoms with Crippen LogP contribution in [0.4, 0.5) is 0 Å². The van der Waals surface area contributed by atoms with Gasteiger partial charge in [0.25, 0.3) is 5.56 Å². The summed E-state index contributed by atoms with van der Waals surface area (Å²) in [6, 6.07) is 0. The van der Waals surface area contributed by atoms with Crippen LogP contribution in [-0.4, -0.2) is 24.6 Å². The lowest BCUT2D eigenvalue weighted by molar-refractivity contribution is 0.474. The average molecular weight is 262 g/mol. The first-order valence-corrected chi connectivity index (χ1v) is 6.90. The molecule has 7 nitrogen and oxygen atoms in total. The third kappa shape index (κ3) is 4.06. The second-order valence-corrected chi connectivity index (χ2v) is 5.18. The van der Waals surface area contributed by atoms with E-state index in [-0.39, 0.29) is 11.4 Å². The van der Waals surface area contributed by atoms with Gasteiger partial charge in [0, 0.05) is 0 Å². The van der Waals surface area contributed by atoms with Gasteiger partial charge in [-0.15, -0.1) is 0 Å². The molecule has 0 spiro atoms. The fourth-order valence-corrected chi connectivity index (χ4v) is 1.74. The number of aromatic nitrogens is 2. The van der Waals surface area contributed by atoms with Gasteiger partial charge in [0.15, 0.2) is 0 Å². The molecule has 0 saturated carbocycles. The average Bonchev–Trinajstić information content (AvgIpc) is 2.13. The normalized spacial score (nSPS) is 11.4. The summed E-state index contributed by atoms with van der Waals surface area (Å²) in [5, 5.41) is 0. The minimum atomic E-state index is -3.78. The zero-order valence-corrected chi connectivity index (χ0v) is 10.4. The zero-order valence-electron chi connectivity index (χ0n) is 9.57. The number of nitrogens with one attached hydrogen (secondary N) is 2. The molecule has 0 saturated heterocycles. The number of rotatable bonds is 5. The molecule has 1 aromatic rings. The van der Waals surface area contributed by atoms with Crippen molar-refractivity contribution in [3.63, 3.8) is 0 Å². The van der Waals surface area contributed by atoms with Gasteiger partial charge in [-0.25, -0.2) is 4.79 Å². The van der Waals surface area contributed by atoms with E-state index >= 15 is 0 Å². The highest BCUT2D eigenvalue weighted by Gasteiger charge is 2.14. The van der Waals surface area contributed by atoms with E-state index in [9.17, 15) is 18.0 Å². The molecule has 1 heterocycles. The first-order chi connectivity index (χ1) is 7.83. The smallest absolute Gasteiger partial charge is 0.328 e. The number of hydrogen-bond donors (Lipinski definition) is 2. The monoisotopic (exact) mass is 262 g/mol. The van der Waals surface area contributed by atoms with E-state index in [4.69, 9.17) is 0 Å². The van der Waals surface area contributed by atoms with Crippen molar-refractivity contribution in [3.8, 4) is 5.88 Å². The standard InChI is InChI=1S/C9H14N2O5S/c1-3-4-5-6-7(12)10-9(13)11-8(6)16-17(2,14)15/h3-5H2,1-2H3,(H2,10,11,12,13). The van der Waals surface area contributed by atoms with Gasteiger partial charge in [-0.2, -0.15) is 8.42 Å². The predicted molar refractivity (Wildman–Crippen MR) is 61.8 cm³/mol. The molecule has 0 radical (unpaired) electrons. The van der Waals surface area contributed by atoms with Gasteiger partial charge < -0.3 is 4.18 Å². The number of unbranched alkanes of at least 4 members (excludes halogenated alkanes) is 1. The molecule has 0 atom stereocenters. The zero-order chi connectivity index (χ0) is 13.1. The fourth-order valence-electron chi connectivity index (χ4n) is 1.29. The Balaban J connectivity index is 3.25. The summed E-state index contributed by atoms with van der Waals surface area (Å²) in [5.41, 5.74) is -1.29. The summed E-state index contributed by atoms with van der Waals surface area (Å²) in [4.78, 5) is 26.7. The van der Waals surface area contributed by atoms with Crippen LogP contribution in [0.15, 0.2) is 9.59 Å². The molecule has 8 heteroatoms. The maximum atomic E-state index is 11.5. The topological polar surface area (TPSA) is 109 Å². The third-order valence-electron chi connectivity index (χ3n) is 2.02. The molecule has 0 aliphatic carbocycles. The molecule has 0 bridgehead atoms. The highest BCUT2D eigenvalue weighted by Crippen LogP contribution is 2.13. The Morgan fingerprint density at radius 3 is 2.41 bits per heavy atom. The Labute approximate surface area is 98.0 Å². The van der Waals surface area contributed by atoms with Crippen molar-refractivity contribution in [3.05, 3.63) is 26.4 Å². The molecular weight excluding hydrogens is 248 g/mol. The van der Waals surface area contributed by atoms with Crippen molar-refractivity contribution in [2.24, 2.45) is 0 Å².